The molecule has 3 aliphatic rings. The molecule has 1 aromatic rings. The van der Waals surface area contributed by atoms with Gasteiger partial charge in [-0.1, -0.05) is 98.8 Å². The SMILES string of the molecule is C1=C[C@H](B2C3CCCC(CCC3)[C@@H]2c2ccccc2)CCC1. The first-order valence-electron chi connectivity index (χ1n) is 9.65. The van der Waals surface area contributed by atoms with Crippen LogP contribution in [-0.4, -0.2) is 6.71 Å². The molecule has 0 unspecified atom stereocenters. The highest BCUT2D eigenvalue weighted by Crippen LogP contribution is 2.52. The molecule has 2 bridgehead atoms. The molecule has 1 heteroatoms. The van der Waals surface area contributed by atoms with Gasteiger partial charge in [0.25, 0.3) is 0 Å². The van der Waals surface area contributed by atoms with Crippen LogP contribution in [0.1, 0.15) is 69.2 Å². The first-order valence-corrected chi connectivity index (χ1v) is 9.65. The average Bonchev–Trinajstić information content (AvgIpc) is 2.85. The van der Waals surface area contributed by atoms with Crippen molar-refractivity contribution in [3.05, 3.63) is 48.0 Å². The zero-order valence-corrected chi connectivity index (χ0v) is 13.8. The van der Waals surface area contributed by atoms with Crippen molar-refractivity contribution in [1.29, 1.82) is 0 Å². The largest absolute Gasteiger partial charge is 0.158 e. The lowest BCUT2D eigenvalue weighted by Crippen LogP contribution is -2.35. The van der Waals surface area contributed by atoms with E-state index >= 15 is 0 Å². The zero-order chi connectivity index (χ0) is 14.8. The molecule has 22 heavy (non-hydrogen) atoms. The maximum Gasteiger partial charge on any atom is 0.158 e. The molecular formula is C21H29B. The summed E-state index contributed by atoms with van der Waals surface area (Å²) < 4.78 is 0. The van der Waals surface area contributed by atoms with Crippen LogP contribution in [0.4, 0.5) is 0 Å². The molecule has 2 aliphatic heterocycles. The lowest BCUT2D eigenvalue weighted by atomic mass is 9.25. The van der Waals surface area contributed by atoms with E-state index in [4.69, 9.17) is 0 Å². The standard InChI is InChI=1S/C21H29B/c1-3-9-17(10-4-1)21-18-11-7-15-20(16-8-12-18)22(21)19-13-5-2-6-14-19/h1,3-5,9-10,13,18-21H,2,6-8,11-12,14-16H2/t18?,19-,20?,21-/m0/s1. The van der Waals surface area contributed by atoms with Crippen molar-refractivity contribution in [2.45, 2.75) is 75.2 Å². The Balaban J connectivity index is 1.74. The summed E-state index contributed by atoms with van der Waals surface area (Å²) in [7, 11) is 0. The van der Waals surface area contributed by atoms with Crippen molar-refractivity contribution < 1.29 is 0 Å². The van der Waals surface area contributed by atoms with Gasteiger partial charge in [0.2, 0.25) is 0 Å². The van der Waals surface area contributed by atoms with E-state index in [1.165, 1.54) is 57.8 Å². The van der Waals surface area contributed by atoms with Crippen LogP contribution >= 0.6 is 0 Å². The fourth-order valence-electron chi connectivity index (χ4n) is 5.87. The van der Waals surface area contributed by atoms with E-state index in [1.54, 1.807) is 5.56 Å². The third-order valence-corrected chi connectivity index (χ3v) is 6.74. The van der Waals surface area contributed by atoms with E-state index in [-0.39, 0.29) is 0 Å². The highest BCUT2D eigenvalue weighted by Gasteiger charge is 2.45. The second kappa shape index (κ2) is 6.65. The molecule has 2 atom stereocenters. The van der Waals surface area contributed by atoms with Gasteiger partial charge < -0.3 is 0 Å². The number of rotatable bonds is 2. The number of hydrogen-bond acceptors (Lipinski definition) is 0. The molecule has 0 nitrogen and oxygen atoms in total. The molecule has 0 amide bonds. The monoisotopic (exact) mass is 292 g/mol. The van der Waals surface area contributed by atoms with E-state index in [9.17, 15) is 0 Å². The highest BCUT2D eigenvalue weighted by molar-refractivity contribution is 6.64. The third-order valence-electron chi connectivity index (χ3n) is 6.74. The first-order chi connectivity index (χ1) is 10.9. The van der Waals surface area contributed by atoms with Crippen LogP contribution in [0.3, 0.4) is 0 Å². The minimum atomic E-state index is 0.823. The number of benzene rings is 1. The molecule has 4 rings (SSSR count). The van der Waals surface area contributed by atoms with E-state index in [1.807, 2.05) is 0 Å². The molecule has 2 saturated heterocycles. The molecule has 1 aromatic carbocycles. The van der Waals surface area contributed by atoms with Gasteiger partial charge in [0.1, 0.15) is 0 Å². The van der Waals surface area contributed by atoms with Crippen molar-refractivity contribution in [2.75, 3.05) is 0 Å². The minimum absolute atomic E-state index is 0.823. The van der Waals surface area contributed by atoms with Crippen LogP contribution in [0, 0.1) is 5.92 Å². The summed E-state index contributed by atoms with van der Waals surface area (Å²) >= 11 is 0. The molecule has 0 spiro atoms. The van der Waals surface area contributed by atoms with Gasteiger partial charge in [0.15, 0.2) is 6.71 Å². The van der Waals surface area contributed by atoms with Gasteiger partial charge >= 0.3 is 0 Å². The summed E-state index contributed by atoms with van der Waals surface area (Å²) in [5.41, 5.74) is 1.64. The maximum absolute atomic E-state index is 2.60. The zero-order valence-electron chi connectivity index (χ0n) is 13.8. The Hall–Kier alpha value is -0.975. The molecular weight excluding hydrogens is 263 g/mol. The number of hydrogen-bond donors (Lipinski definition) is 0. The van der Waals surface area contributed by atoms with Crippen LogP contribution in [0.5, 0.6) is 0 Å². The molecule has 116 valence electrons. The van der Waals surface area contributed by atoms with Crippen LogP contribution in [0.2, 0.25) is 11.6 Å². The summed E-state index contributed by atoms with van der Waals surface area (Å²) in [6.07, 6.45) is 18.1. The molecule has 2 fully saturated rings. The molecule has 1 aliphatic carbocycles. The third kappa shape index (κ3) is 2.80. The second-order valence-corrected chi connectivity index (χ2v) is 7.92. The van der Waals surface area contributed by atoms with Gasteiger partial charge in [-0.3, -0.25) is 0 Å². The summed E-state index contributed by atoms with van der Waals surface area (Å²) in [5.74, 6) is 3.59. The Kier molecular flexibility index (Phi) is 4.41. The topological polar surface area (TPSA) is 0 Å². The predicted octanol–water partition coefficient (Wildman–Crippen LogP) is 6.27. The predicted molar refractivity (Wildman–Crippen MR) is 96.6 cm³/mol. The van der Waals surface area contributed by atoms with Crippen LogP contribution in [0.15, 0.2) is 42.5 Å². The molecule has 0 N–H and O–H groups in total. The quantitative estimate of drug-likeness (QED) is 0.445. The normalized spacial score (nSPS) is 35.2. The minimum Gasteiger partial charge on any atom is -0.0926 e. The summed E-state index contributed by atoms with van der Waals surface area (Å²) in [6, 6.07) is 11.5. The van der Waals surface area contributed by atoms with Crippen molar-refractivity contribution in [3.8, 4) is 0 Å². The van der Waals surface area contributed by atoms with Crippen molar-refractivity contribution in [3.63, 3.8) is 0 Å². The van der Waals surface area contributed by atoms with E-state index in [0.717, 1.165) is 30.1 Å². The maximum atomic E-state index is 2.60. The lowest BCUT2D eigenvalue weighted by molar-refractivity contribution is 0.391. The fourth-order valence-corrected chi connectivity index (χ4v) is 5.87. The van der Waals surface area contributed by atoms with Crippen LogP contribution in [0.25, 0.3) is 0 Å². The van der Waals surface area contributed by atoms with Crippen LogP contribution in [-0.2, 0) is 0 Å². The average molecular weight is 292 g/mol. The van der Waals surface area contributed by atoms with Crippen molar-refractivity contribution >= 4 is 6.71 Å². The Morgan fingerprint density at radius 1 is 0.818 bits per heavy atom. The lowest BCUT2D eigenvalue weighted by Gasteiger charge is -2.36. The highest BCUT2D eigenvalue weighted by atomic mass is 14.3. The van der Waals surface area contributed by atoms with E-state index < -0.39 is 0 Å². The van der Waals surface area contributed by atoms with Crippen LogP contribution < -0.4 is 0 Å². The van der Waals surface area contributed by atoms with E-state index in [2.05, 4.69) is 42.5 Å². The Labute approximate surface area is 136 Å². The number of allylic oxidation sites excluding steroid dienone is 2. The molecule has 0 radical (unpaired) electrons. The molecule has 2 heterocycles. The summed E-state index contributed by atoms with van der Waals surface area (Å²) in [4.78, 5) is 0. The fraction of sp³-hybridized carbons (Fsp3) is 0.619. The smallest absolute Gasteiger partial charge is 0.0926 e. The second-order valence-electron chi connectivity index (χ2n) is 7.92. The molecule has 0 saturated carbocycles. The summed E-state index contributed by atoms with van der Waals surface area (Å²) in [6.45, 7) is 0.911. The Morgan fingerprint density at radius 3 is 2.27 bits per heavy atom. The van der Waals surface area contributed by atoms with Gasteiger partial charge in [0.05, 0.1) is 0 Å². The molecule has 0 aromatic heterocycles. The Bertz CT molecular complexity index is 496. The number of fused-ring (bicyclic) bond motifs is 3. The van der Waals surface area contributed by atoms with E-state index in [0.29, 0.717) is 0 Å². The summed E-state index contributed by atoms with van der Waals surface area (Å²) in [5, 5.41) is 0. The van der Waals surface area contributed by atoms with Gasteiger partial charge in [0, 0.05) is 0 Å². The van der Waals surface area contributed by atoms with Crippen molar-refractivity contribution in [2.24, 2.45) is 5.92 Å². The van der Waals surface area contributed by atoms with Gasteiger partial charge in [-0.2, -0.15) is 0 Å². The van der Waals surface area contributed by atoms with Gasteiger partial charge in [-0.05, 0) is 30.4 Å². The van der Waals surface area contributed by atoms with Gasteiger partial charge in [-0.15, -0.1) is 0 Å². The van der Waals surface area contributed by atoms with Gasteiger partial charge in [-0.25, -0.2) is 0 Å². The van der Waals surface area contributed by atoms with Crippen molar-refractivity contribution in [1.82, 2.24) is 0 Å². The Morgan fingerprint density at radius 2 is 1.59 bits per heavy atom. The first kappa shape index (κ1) is 14.6.